The smallest absolute Gasteiger partial charge is 0.348 e. The molecular weight excluding hydrogens is 386 g/mol. The molecule has 0 N–H and O–H groups in total. The second-order valence-electron chi connectivity index (χ2n) is 4.97. The minimum absolute atomic E-state index is 0.102. The van der Waals surface area contributed by atoms with Gasteiger partial charge in [-0.15, -0.1) is 0 Å². The quantitative estimate of drug-likeness (QED) is 0.413. The Kier molecular flexibility index (Phi) is 6.61. The lowest BCUT2D eigenvalue weighted by molar-refractivity contribution is -0.135. The van der Waals surface area contributed by atoms with Crippen molar-refractivity contribution in [2.45, 2.75) is 6.61 Å². The third-order valence-corrected chi connectivity index (χ3v) is 3.90. The summed E-state index contributed by atoms with van der Waals surface area (Å²) in [6.45, 7) is 0.386. The first-order valence-electron chi connectivity index (χ1n) is 7.33. The van der Waals surface area contributed by atoms with Gasteiger partial charge in [0.2, 0.25) is 0 Å². The van der Waals surface area contributed by atoms with Crippen LogP contribution in [0.25, 0.3) is 6.08 Å². The molecule has 0 radical (unpaired) electrons. The number of carbonyl (C=O) groups excluding carboxylic acids is 1. The van der Waals surface area contributed by atoms with E-state index in [2.05, 4.69) is 20.7 Å². The van der Waals surface area contributed by atoms with Crippen molar-refractivity contribution >= 4 is 28.0 Å². The molecule has 0 aliphatic rings. The first-order chi connectivity index (χ1) is 12.1. The fourth-order valence-corrected chi connectivity index (χ4v) is 2.68. The van der Waals surface area contributed by atoms with Crippen LogP contribution in [0.4, 0.5) is 0 Å². The van der Waals surface area contributed by atoms with Gasteiger partial charge in [0.15, 0.2) is 11.5 Å². The molecule has 0 aromatic heterocycles. The zero-order valence-electron chi connectivity index (χ0n) is 13.8. The second-order valence-corrected chi connectivity index (χ2v) is 5.82. The molecule has 0 unspecified atom stereocenters. The highest BCUT2D eigenvalue weighted by Gasteiger charge is 2.14. The highest BCUT2D eigenvalue weighted by atomic mass is 79.9. The lowest BCUT2D eigenvalue weighted by Crippen LogP contribution is -2.03. The molecule has 0 atom stereocenters. The van der Waals surface area contributed by atoms with Gasteiger partial charge >= 0.3 is 5.97 Å². The summed E-state index contributed by atoms with van der Waals surface area (Å²) in [7, 11) is 2.75. The molecule has 2 aromatic rings. The van der Waals surface area contributed by atoms with E-state index in [1.165, 1.54) is 20.3 Å². The molecule has 0 bridgehead atoms. The maximum Gasteiger partial charge on any atom is 0.348 e. The minimum Gasteiger partial charge on any atom is -0.493 e. The number of halogens is 1. The SMILES string of the molecule is COC(=O)/C(C#N)=C/c1cc(Br)c(OCc2ccccc2)c(OC)c1. The van der Waals surface area contributed by atoms with Crippen LogP contribution in [-0.2, 0) is 16.1 Å². The van der Waals surface area contributed by atoms with Crippen molar-refractivity contribution < 1.29 is 19.0 Å². The highest BCUT2D eigenvalue weighted by molar-refractivity contribution is 9.10. The van der Waals surface area contributed by atoms with Crippen LogP contribution < -0.4 is 9.47 Å². The molecule has 2 rings (SSSR count). The van der Waals surface area contributed by atoms with E-state index < -0.39 is 5.97 Å². The Bertz CT molecular complexity index is 825. The van der Waals surface area contributed by atoms with E-state index in [4.69, 9.17) is 14.7 Å². The molecule has 0 spiro atoms. The third kappa shape index (κ3) is 4.85. The van der Waals surface area contributed by atoms with E-state index in [0.29, 0.717) is 28.1 Å². The Morgan fingerprint density at radius 3 is 2.56 bits per heavy atom. The Labute approximate surface area is 154 Å². The molecule has 0 heterocycles. The highest BCUT2D eigenvalue weighted by Crippen LogP contribution is 2.37. The molecular formula is C19H16BrNO4. The van der Waals surface area contributed by atoms with Gasteiger partial charge in [-0.3, -0.25) is 0 Å². The fourth-order valence-electron chi connectivity index (χ4n) is 2.11. The molecule has 0 saturated heterocycles. The number of esters is 1. The zero-order chi connectivity index (χ0) is 18.2. The summed E-state index contributed by atoms with van der Waals surface area (Å²) in [5.74, 6) is 0.334. The number of ether oxygens (including phenoxy) is 3. The van der Waals surface area contributed by atoms with E-state index in [1.54, 1.807) is 12.1 Å². The zero-order valence-corrected chi connectivity index (χ0v) is 15.4. The molecule has 0 saturated carbocycles. The molecule has 25 heavy (non-hydrogen) atoms. The number of hydrogen-bond donors (Lipinski definition) is 0. The summed E-state index contributed by atoms with van der Waals surface area (Å²) in [5.41, 5.74) is 1.53. The standard InChI is InChI=1S/C19H16BrNO4/c1-23-17-10-14(8-15(11-21)19(22)24-2)9-16(20)18(17)25-12-13-6-4-3-5-7-13/h3-10H,12H2,1-2H3/b15-8+. The first kappa shape index (κ1) is 18.6. The van der Waals surface area contributed by atoms with Gasteiger partial charge in [0.1, 0.15) is 18.2 Å². The normalized spacial score (nSPS) is 10.7. The maximum absolute atomic E-state index is 11.5. The fraction of sp³-hybridized carbons (Fsp3) is 0.158. The number of rotatable bonds is 6. The van der Waals surface area contributed by atoms with Gasteiger partial charge in [0, 0.05) is 0 Å². The first-order valence-corrected chi connectivity index (χ1v) is 8.12. The number of nitrogens with zero attached hydrogens (tertiary/aromatic N) is 1. The Balaban J connectivity index is 2.30. The number of nitriles is 1. The number of carbonyl (C=O) groups is 1. The number of hydrogen-bond acceptors (Lipinski definition) is 5. The van der Waals surface area contributed by atoms with Gasteiger partial charge in [-0.05, 0) is 45.3 Å². The van der Waals surface area contributed by atoms with Crippen LogP contribution in [0, 0.1) is 11.3 Å². The Morgan fingerprint density at radius 1 is 1.24 bits per heavy atom. The van der Waals surface area contributed by atoms with Gasteiger partial charge in [-0.1, -0.05) is 30.3 Å². The maximum atomic E-state index is 11.5. The molecule has 0 aliphatic carbocycles. The average molecular weight is 402 g/mol. The van der Waals surface area contributed by atoms with Crippen molar-refractivity contribution in [1.29, 1.82) is 5.26 Å². The van der Waals surface area contributed by atoms with Crippen molar-refractivity contribution in [2.75, 3.05) is 14.2 Å². The van der Waals surface area contributed by atoms with E-state index >= 15 is 0 Å². The summed E-state index contributed by atoms with van der Waals surface area (Å²) in [5, 5.41) is 9.06. The molecule has 2 aromatic carbocycles. The van der Waals surface area contributed by atoms with Crippen molar-refractivity contribution in [3.63, 3.8) is 0 Å². The molecule has 5 nitrogen and oxygen atoms in total. The van der Waals surface area contributed by atoms with Crippen molar-refractivity contribution in [3.8, 4) is 17.6 Å². The van der Waals surface area contributed by atoms with E-state index in [-0.39, 0.29) is 5.57 Å². The van der Waals surface area contributed by atoms with Gasteiger partial charge in [0.05, 0.1) is 18.7 Å². The van der Waals surface area contributed by atoms with Crippen LogP contribution in [0.3, 0.4) is 0 Å². The summed E-state index contributed by atoms with van der Waals surface area (Å²) < 4.78 is 16.4. The topological polar surface area (TPSA) is 68.6 Å². The second kappa shape index (κ2) is 8.90. The van der Waals surface area contributed by atoms with E-state index in [1.807, 2.05) is 36.4 Å². The largest absolute Gasteiger partial charge is 0.493 e. The summed E-state index contributed by atoms with van der Waals surface area (Å²) in [4.78, 5) is 11.5. The van der Waals surface area contributed by atoms with Crippen LogP contribution in [0.5, 0.6) is 11.5 Å². The van der Waals surface area contributed by atoms with Crippen molar-refractivity contribution in [2.24, 2.45) is 0 Å². The van der Waals surface area contributed by atoms with Crippen molar-refractivity contribution in [1.82, 2.24) is 0 Å². The Hall–Kier alpha value is -2.78. The van der Waals surface area contributed by atoms with Crippen molar-refractivity contribution in [3.05, 3.63) is 63.6 Å². The van der Waals surface area contributed by atoms with Crippen LogP contribution in [0.1, 0.15) is 11.1 Å². The average Bonchev–Trinajstić information content (AvgIpc) is 2.65. The van der Waals surface area contributed by atoms with E-state index in [9.17, 15) is 4.79 Å². The summed E-state index contributed by atoms with van der Waals surface area (Å²) in [6.07, 6.45) is 1.43. The predicted molar refractivity (Wildman–Crippen MR) is 97.1 cm³/mol. The predicted octanol–water partition coefficient (Wildman–Crippen LogP) is 4.12. The molecule has 6 heteroatoms. The molecule has 0 aliphatic heterocycles. The van der Waals surface area contributed by atoms with E-state index in [0.717, 1.165) is 5.56 Å². The van der Waals surface area contributed by atoms with Gasteiger partial charge in [-0.25, -0.2) is 4.79 Å². The molecule has 0 fully saturated rings. The Morgan fingerprint density at radius 2 is 1.96 bits per heavy atom. The number of benzene rings is 2. The molecule has 0 amide bonds. The summed E-state index contributed by atoms with van der Waals surface area (Å²) in [6, 6.07) is 15.0. The van der Waals surface area contributed by atoms with Gasteiger partial charge < -0.3 is 14.2 Å². The van der Waals surface area contributed by atoms with Crippen LogP contribution in [0.15, 0.2) is 52.5 Å². The monoisotopic (exact) mass is 401 g/mol. The van der Waals surface area contributed by atoms with Crippen LogP contribution in [-0.4, -0.2) is 20.2 Å². The van der Waals surface area contributed by atoms with Gasteiger partial charge in [-0.2, -0.15) is 5.26 Å². The lowest BCUT2D eigenvalue weighted by Gasteiger charge is -2.13. The van der Waals surface area contributed by atoms with Gasteiger partial charge in [0.25, 0.3) is 0 Å². The number of methoxy groups -OCH3 is 2. The summed E-state index contributed by atoms with van der Waals surface area (Å²) >= 11 is 3.44. The minimum atomic E-state index is -0.693. The lowest BCUT2D eigenvalue weighted by atomic mass is 10.1. The third-order valence-electron chi connectivity index (χ3n) is 3.31. The molecule has 128 valence electrons. The van der Waals surface area contributed by atoms with Crippen LogP contribution in [0.2, 0.25) is 0 Å². The van der Waals surface area contributed by atoms with Crippen LogP contribution >= 0.6 is 15.9 Å².